The van der Waals surface area contributed by atoms with Crippen molar-refractivity contribution in [1.82, 2.24) is 15.0 Å². The van der Waals surface area contributed by atoms with Crippen molar-refractivity contribution in [3.05, 3.63) is 69.3 Å². The van der Waals surface area contributed by atoms with Crippen molar-refractivity contribution in [3.63, 3.8) is 0 Å². The molecule has 182 valence electrons. The van der Waals surface area contributed by atoms with Crippen molar-refractivity contribution >= 4 is 46.5 Å². The van der Waals surface area contributed by atoms with E-state index in [-0.39, 0.29) is 44.2 Å². The predicted molar refractivity (Wildman–Crippen MR) is 131 cm³/mol. The minimum absolute atomic E-state index is 0.102. The molecule has 0 aliphatic carbocycles. The number of rotatable bonds is 7. The molecule has 0 fully saturated rings. The Morgan fingerprint density at radius 2 is 1.89 bits per heavy atom. The second-order valence-corrected chi connectivity index (χ2v) is 9.39. The number of anilines is 2. The van der Waals surface area contributed by atoms with Crippen LogP contribution in [0.5, 0.6) is 0 Å². The van der Waals surface area contributed by atoms with E-state index < -0.39 is 5.41 Å². The van der Waals surface area contributed by atoms with Crippen LogP contribution >= 0.6 is 23.2 Å². The molecule has 3 heterocycles. The molecule has 0 bridgehead atoms. The zero-order valence-electron chi connectivity index (χ0n) is 19.1. The first-order valence-corrected chi connectivity index (χ1v) is 11.8. The number of methoxy groups -OCH3 is 1. The lowest BCUT2D eigenvalue weighted by Gasteiger charge is -2.31. The second-order valence-electron chi connectivity index (χ2n) is 8.52. The molecule has 2 aliphatic heterocycles. The molecule has 11 heteroatoms. The lowest BCUT2D eigenvalue weighted by atomic mass is 9.73. The topological polar surface area (TPSA) is 98.6 Å². The third-order valence-electron chi connectivity index (χ3n) is 6.48. The highest BCUT2D eigenvalue weighted by Gasteiger charge is 2.58. The van der Waals surface area contributed by atoms with E-state index in [2.05, 4.69) is 15.6 Å². The number of halogens is 2. The van der Waals surface area contributed by atoms with Crippen molar-refractivity contribution in [3.8, 4) is 0 Å². The highest BCUT2D eigenvalue weighted by molar-refractivity contribution is 6.31. The van der Waals surface area contributed by atoms with Crippen LogP contribution in [0.2, 0.25) is 10.0 Å². The molecule has 3 aromatic rings. The van der Waals surface area contributed by atoms with Crippen molar-refractivity contribution in [1.29, 1.82) is 0 Å². The molecule has 0 radical (unpaired) electrons. The number of carbonyl (C=O) groups is 2. The monoisotopic (exact) mass is 515 g/mol. The van der Waals surface area contributed by atoms with Gasteiger partial charge in [0, 0.05) is 29.4 Å². The average molecular weight is 516 g/mol. The molecule has 35 heavy (non-hydrogen) atoms. The number of nitrogens with zero attached hydrogens (tertiary/aromatic N) is 4. The summed E-state index contributed by atoms with van der Waals surface area (Å²) in [5.41, 5.74) is 1.28. The number of nitrogens with one attached hydrogen (secondary N) is 1. The Morgan fingerprint density at radius 1 is 1.14 bits per heavy atom. The lowest BCUT2D eigenvalue weighted by Crippen LogP contribution is -2.47. The van der Waals surface area contributed by atoms with Gasteiger partial charge in [0.2, 0.25) is 11.8 Å². The molecular weight excluding hydrogens is 493 g/mol. The van der Waals surface area contributed by atoms with E-state index >= 15 is 0 Å². The molecule has 2 aliphatic rings. The fourth-order valence-corrected chi connectivity index (χ4v) is 5.11. The summed E-state index contributed by atoms with van der Waals surface area (Å²) in [4.78, 5) is 28.7. The number of hydrogen-bond acceptors (Lipinski definition) is 6. The minimum atomic E-state index is -1.34. The largest absolute Gasteiger partial charge is 0.359 e. The maximum absolute atomic E-state index is 14.0. The van der Waals surface area contributed by atoms with Crippen LogP contribution in [0.3, 0.4) is 0 Å². The van der Waals surface area contributed by atoms with E-state index in [1.54, 1.807) is 39.9 Å². The summed E-state index contributed by atoms with van der Waals surface area (Å²) < 4.78 is 12.0. The molecule has 2 atom stereocenters. The number of benzene rings is 2. The van der Waals surface area contributed by atoms with Gasteiger partial charge in [-0.1, -0.05) is 40.5 Å². The first kappa shape index (κ1) is 23.7. The van der Waals surface area contributed by atoms with Crippen LogP contribution in [0.25, 0.3) is 0 Å². The van der Waals surface area contributed by atoms with Gasteiger partial charge in [0.1, 0.15) is 17.9 Å². The lowest BCUT2D eigenvalue weighted by molar-refractivity contribution is -0.127. The van der Waals surface area contributed by atoms with Crippen molar-refractivity contribution < 1.29 is 19.1 Å². The predicted octanol–water partition coefficient (Wildman–Crippen LogP) is 3.79. The Hall–Kier alpha value is -2.98. The summed E-state index contributed by atoms with van der Waals surface area (Å²) >= 11 is 12.4. The summed E-state index contributed by atoms with van der Waals surface area (Å²) in [5, 5.41) is 12.8. The SMILES string of the molecule is COCOCCN1C(=O)[C@]2(CC(=O)Nc3c2nnn3[C@@H](C)c2ccc(Cl)cc2)c2cc(Cl)ccc21. The van der Waals surface area contributed by atoms with E-state index in [9.17, 15) is 9.59 Å². The molecule has 1 N–H and O–H groups in total. The molecular formula is C24H23Cl2N5O4. The summed E-state index contributed by atoms with van der Waals surface area (Å²) in [6.45, 7) is 2.60. The van der Waals surface area contributed by atoms with Gasteiger partial charge in [-0.15, -0.1) is 5.10 Å². The van der Waals surface area contributed by atoms with Crippen LogP contribution in [0.1, 0.15) is 36.2 Å². The van der Waals surface area contributed by atoms with E-state index in [1.165, 1.54) is 7.11 Å². The number of fused-ring (bicyclic) bond motifs is 4. The van der Waals surface area contributed by atoms with Crippen LogP contribution in [0.4, 0.5) is 11.5 Å². The van der Waals surface area contributed by atoms with Crippen molar-refractivity contribution in [2.75, 3.05) is 37.3 Å². The van der Waals surface area contributed by atoms with Gasteiger partial charge in [0.25, 0.3) is 0 Å². The number of carbonyl (C=O) groups excluding carboxylic acids is 2. The average Bonchev–Trinajstić information content (AvgIpc) is 3.35. The first-order chi connectivity index (χ1) is 16.9. The second kappa shape index (κ2) is 9.23. The van der Waals surface area contributed by atoms with Crippen LogP contribution in [0.15, 0.2) is 42.5 Å². The minimum Gasteiger partial charge on any atom is -0.359 e. The zero-order chi connectivity index (χ0) is 24.7. The molecule has 9 nitrogen and oxygen atoms in total. The Morgan fingerprint density at radius 3 is 2.63 bits per heavy atom. The van der Waals surface area contributed by atoms with Gasteiger partial charge in [-0.3, -0.25) is 9.59 Å². The van der Waals surface area contributed by atoms with E-state index in [0.717, 1.165) is 5.56 Å². The van der Waals surface area contributed by atoms with E-state index in [0.29, 0.717) is 32.8 Å². The Bertz CT molecular complexity index is 1300. The van der Waals surface area contributed by atoms with Crippen molar-refractivity contribution in [2.24, 2.45) is 0 Å². The Kier molecular flexibility index (Phi) is 6.27. The summed E-state index contributed by atoms with van der Waals surface area (Å²) in [6.07, 6.45) is -0.102. The molecule has 0 unspecified atom stereocenters. The molecule has 0 saturated carbocycles. The van der Waals surface area contributed by atoms with E-state index in [4.69, 9.17) is 32.7 Å². The number of hydrogen-bond donors (Lipinski definition) is 1. The van der Waals surface area contributed by atoms with Crippen LogP contribution in [-0.2, 0) is 24.5 Å². The van der Waals surface area contributed by atoms with Crippen LogP contribution < -0.4 is 10.2 Å². The quantitative estimate of drug-likeness (QED) is 0.379. The maximum atomic E-state index is 14.0. The van der Waals surface area contributed by atoms with Gasteiger partial charge in [0.15, 0.2) is 5.82 Å². The Balaban J connectivity index is 1.61. The maximum Gasteiger partial charge on any atom is 0.244 e. The molecule has 2 aromatic carbocycles. The van der Waals surface area contributed by atoms with E-state index in [1.807, 2.05) is 19.1 Å². The van der Waals surface area contributed by atoms with Gasteiger partial charge < -0.3 is 19.7 Å². The van der Waals surface area contributed by atoms with Gasteiger partial charge in [-0.2, -0.15) is 0 Å². The summed E-state index contributed by atoms with van der Waals surface area (Å²) in [7, 11) is 1.53. The fraction of sp³-hybridized carbons (Fsp3) is 0.333. The summed E-state index contributed by atoms with van der Waals surface area (Å²) in [6, 6.07) is 12.3. The van der Waals surface area contributed by atoms with Crippen LogP contribution in [0, 0.1) is 0 Å². The number of amides is 2. The normalized spacial score (nSPS) is 19.6. The zero-order valence-corrected chi connectivity index (χ0v) is 20.6. The first-order valence-electron chi connectivity index (χ1n) is 11.1. The third kappa shape index (κ3) is 3.88. The highest BCUT2D eigenvalue weighted by Crippen LogP contribution is 2.52. The van der Waals surface area contributed by atoms with Crippen LogP contribution in [-0.4, -0.2) is 53.9 Å². The number of ether oxygens (including phenoxy) is 2. The standard InChI is InChI=1S/C24H23Cl2N5O4/c1-14(15-3-5-16(25)6-4-15)31-22-21(28-29-31)24(12-20(32)27-22)18-11-17(26)7-8-19(18)30(23(24)33)9-10-35-13-34-2/h3-8,11,14H,9-10,12-13H2,1-2H3,(H,27,32)/t14-,24+/m0/s1. The smallest absolute Gasteiger partial charge is 0.244 e. The number of aromatic nitrogens is 3. The molecule has 5 rings (SSSR count). The van der Waals surface area contributed by atoms with Gasteiger partial charge >= 0.3 is 0 Å². The molecule has 1 aromatic heterocycles. The highest BCUT2D eigenvalue weighted by atomic mass is 35.5. The van der Waals surface area contributed by atoms with Gasteiger partial charge in [0.05, 0.1) is 19.1 Å². The Labute approximate surface area is 211 Å². The summed E-state index contributed by atoms with van der Waals surface area (Å²) in [5.74, 6) is -0.181. The van der Waals surface area contributed by atoms with Gasteiger partial charge in [-0.25, -0.2) is 4.68 Å². The van der Waals surface area contributed by atoms with Crippen molar-refractivity contribution in [2.45, 2.75) is 24.8 Å². The third-order valence-corrected chi connectivity index (χ3v) is 6.97. The fourth-order valence-electron chi connectivity index (χ4n) is 4.81. The molecule has 1 spiro atoms. The molecule has 2 amide bonds. The molecule has 0 saturated heterocycles. The van der Waals surface area contributed by atoms with Gasteiger partial charge in [-0.05, 0) is 48.4 Å².